The molecular formula is C11H14F3NO3. The third-order valence-corrected chi connectivity index (χ3v) is 2.49. The van der Waals surface area contributed by atoms with Gasteiger partial charge in [-0.2, -0.15) is 13.2 Å². The fourth-order valence-electron chi connectivity index (χ4n) is 1.77. The predicted molar refractivity (Wildman–Crippen MR) is 57.2 cm³/mol. The molecule has 1 rings (SSSR count). The number of carbonyl (C=O) groups excluding carboxylic acids is 1. The molecular weight excluding hydrogens is 251 g/mol. The Hall–Kier alpha value is -1.50. The van der Waals surface area contributed by atoms with Crippen LogP contribution in [0.15, 0.2) is 0 Å². The van der Waals surface area contributed by atoms with Crippen molar-refractivity contribution in [2.75, 3.05) is 6.61 Å². The number of rotatable bonds is 3. The van der Waals surface area contributed by atoms with Crippen LogP contribution in [-0.4, -0.2) is 28.8 Å². The van der Waals surface area contributed by atoms with Gasteiger partial charge in [0.05, 0.1) is 12.2 Å². The van der Waals surface area contributed by atoms with E-state index in [1.54, 1.807) is 6.92 Å². The Morgan fingerprint density at radius 2 is 1.94 bits per heavy atom. The minimum atomic E-state index is -4.83. The molecule has 7 heteroatoms. The summed E-state index contributed by atoms with van der Waals surface area (Å²) < 4.78 is 42.3. The van der Waals surface area contributed by atoms with Crippen LogP contribution in [0.1, 0.15) is 40.3 Å². The lowest BCUT2D eigenvalue weighted by molar-refractivity contribution is -0.207. The van der Waals surface area contributed by atoms with E-state index in [0.717, 1.165) is 0 Å². The second-order valence-corrected chi connectivity index (χ2v) is 3.83. The van der Waals surface area contributed by atoms with Crippen molar-refractivity contribution < 1.29 is 27.8 Å². The number of hydrogen-bond donors (Lipinski definition) is 2. The highest BCUT2D eigenvalue weighted by atomic mass is 19.4. The highest BCUT2D eigenvalue weighted by Gasteiger charge is 2.43. The molecule has 0 fully saturated rings. The Bertz CT molecular complexity index is 451. The number of aryl methyl sites for hydroxylation is 2. The maximum Gasteiger partial charge on any atom is 0.418 e. The van der Waals surface area contributed by atoms with E-state index < -0.39 is 23.8 Å². The molecule has 0 radical (unpaired) electrons. The molecule has 1 atom stereocenters. The molecule has 0 saturated heterocycles. The van der Waals surface area contributed by atoms with Crippen LogP contribution >= 0.6 is 0 Å². The van der Waals surface area contributed by atoms with Crippen LogP contribution in [0.3, 0.4) is 0 Å². The second kappa shape index (κ2) is 5.01. The van der Waals surface area contributed by atoms with Crippen LogP contribution in [0.2, 0.25) is 0 Å². The van der Waals surface area contributed by atoms with Crippen molar-refractivity contribution in [2.24, 2.45) is 0 Å². The second-order valence-electron chi connectivity index (χ2n) is 3.83. The van der Waals surface area contributed by atoms with Crippen molar-refractivity contribution in [3.8, 4) is 0 Å². The van der Waals surface area contributed by atoms with E-state index in [-0.39, 0.29) is 23.6 Å². The number of alkyl halides is 3. The van der Waals surface area contributed by atoms with Crippen LogP contribution < -0.4 is 0 Å². The van der Waals surface area contributed by atoms with Gasteiger partial charge in [-0.1, -0.05) is 0 Å². The third kappa shape index (κ3) is 2.66. The van der Waals surface area contributed by atoms with Crippen LogP contribution in [0.4, 0.5) is 13.2 Å². The Balaban J connectivity index is 3.31. The van der Waals surface area contributed by atoms with Gasteiger partial charge in [0.2, 0.25) is 0 Å². The molecule has 0 bridgehead atoms. The average Bonchev–Trinajstić information content (AvgIpc) is 2.51. The maximum absolute atomic E-state index is 12.5. The van der Waals surface area contributed by atoms with Crippen molar-refractivity contribution in [3.05, 3.63) is 22.5 Å². The van der Waals surface area contributed by atoms with E-state index in [0.29, 0.717) is 0 Å². The average molecular weight is 265 g/mol. The van der Waals surface area contributed by atoms with Crippen LogP contribution in [0, 0.1) is 13.8 Å². The third-order valence-electron chi connectivity index (χ3n) is 2.49. The summed E-state index contributed by atoms with van der Waals surface area (Å²) in [5, 5.41) is 9.30. The first-order chi connectivity index (χ1) is 8.20. The van der Waals surface area contributed by atoms with Crippen molar-refractivity contribution in [2.45, 2.75) is 33.1 Å². The van der Waals surface area contributed by atoms with Crippen molar-refractivity contribution in [1.29, 1.82) is 0 Å². The van der Waals surface area contributed by atoms with Crippen molar-refractivity contribution in [1.82, 2.24) is 4.98 Å². The number of esters is 1. The van der Waals surface area contributed by atoms with Gasteiger partial charge in [0.1, 0.15) is 0 Å². The Labute approximate surface area is 102 Å². The molecule has 18 heavy (non-hydrogen) atoms. The molecule has 0 aliphatic heterocycles. The Morgan fingerprint density at radius 1 is 1.39 bits per heavy atom. The highest BCUT2D eigenvalue weighted by Crippen LogP contribution is 2.37. The van der Waals surface area contributed by atoms with E-state index >= 15 is 0 Å². The van der Waals surface area contributed by atoms with Gasteiger partial charge in [-0.05, 0) is 20.8 Å². The molecule has 1 heterocycles. The molecule has 2 N–H and O–H groups in total. The van der Waals surface area contributed by atoms with Gasteiger partial charge < -0.3 is 14.8 Å². The van der Waals surface area contributed by atoms with E-state index in [4.69, 9.17) is 0 Å². The largest absolute Gasteiger partial charge is 0.462 e. The van der Waals surface area contributed by atoms with Gasteiger partial charge in [0, 0.05) is 17.0 Å². The molecule has 0 amide bonds. The first kappa shape index (κ1) is 14.6. The lowest BCUT2D eigenvalue weighted by Crippen LogP contribution is -2.23. The first-order valence-electron chi connectivity index (χ1n) is 5.31. The molecule has 4 nitrogen and oxygen atoms in total. The van der Waals surface area contributed by atoms with E-state index in [9.17, 15) is 23.1 Å². The molecule has 0 aliphatic rings. The lowest BCUT2D eigenvalue weighted by Gasteiger charge is -2.16. The number of ether oxygens (including phenoxy) is 1. The number of aromatic amines is 1. The summed E-state index contributed by atoms with van der Waals surface area (Å²) >= 11 is 0. The number of halogens is 3. The normalized spacial score (nSPS) is 13.5. The molecule has 102 valence electrons. The molecule has 1 unspecified atom stereocenters. The summed E-state index contributed by atoms with van der Waals surface area (Å²) in [5.74, 6) is -0.877. The number of nitrogens with one attached hydrogen (secondary N) is 1. The van der Waals surface area contributed by atoms with E-state index in [2.05, 4.69) is 9.72 Å². The minimum absolute atomic E-state index is 0.0457. The molecule has 1 aromatic heterocycles. The van der Waals surface area contributed by atoms with Gasteiger partial charge >= 0.3 is 12.1 Å². The van der Waals surface area contributed by atoms with Crippen molar-refractivity contribution >= 4 is 5.97 Å². The van der Waals surface area contributed by atoms with E-state index in [1.807, 2.05) is 0 Å². The highest BCUT2D eigenvalue weighted by molar-refractivity contribution is 5.93. The summed E-state index contributed by atoms with van der Waals surface area (Å²) in [5.41, 5.74) is -0.387. The smallest absolute Gasteiger partial charge is 0.418 e. The minimum Gasteiger partial charge on any atom is -0.462 e. The molecule has 0 aromatic carbocycles. The first-order valence-corrected chi connectivity index (χ1v) is 5.31. The standard InChI is InChI=1S/C11H14F3NO3/c1-4-18-10(17)8-6(3)15-5(2)7(8)9(16)11(12,13)14/h9,15-16H,4H2,1-3H3. The number of hydrogen-bond acceptors (Lipinski definition) is 3. The monoisotopic (exact) mass is 265 g/mol. The predicted octanol–water partition coefficient (Wildman–Crippen LogP) is 2.40. The zero-order valence-corrected chi connectivity index (χ0v) is 10.2. The van der Waals surface area contributed by atoms with Gasteiger partial charge in [-0.3, -0.25) is 0 Å². The van der Waals surface area contributed by atoms with Gasteiger partial charge in [0.25, 0.3) is 0 Å². The molecule has 0 aliphatic carbocycles. The van der Waals surface area contributed by atoms with Crippen molar-refractivity contribution in [3.63, 3.8) is 0 Å². The molecule has 0 saturated carbocycles. The molecule has 0 spiro atoms. The number of aliphatic hydroxyl groups excluding tert-OH is 1. The van der Waals surface area contributed by atoms with Crippen LogP contribution in [0.5, 0.6) is 0 Å². The summed E-state index contributed by atoms with van der Waals surface area (Å²) in [4.78, 5) is 14.2. The summed E-state index contributed by atoms with van der Waals surface area (Å²) in [6.45, 7) is 4.41. The van der Waals surface area contributed by atoms with Gasteiger partial charge in [0.15, 0.2) is 6.10 Å². The number of aliphatic hydroxyl groups is 1. The summed E-state index contributed by atoms with van der Waals surface area (Å²) in [7, 11) is 0. The Morgan fingerprint density at radius 3 is 2.39 bits per heavy atom. The Kier molecular flexibility index (Phi) is 4.05. The fourth-order valence-corrected chi connectivity index (χ4v) is 1.77. The topological polar surface area (TPSA) is 62.3 Å². The van der Waals surface area contributed by atoms with Crippen LogP contribution in [-0.2, 0) is 4.74 Å². The van der Waals surface area contributed by atoms with E-state index in [1.165, 1.54) is 13.8 Å². The van der Waals surface area contributed by atoms with Gasteiger partial charge in [-0.25, -0.2) is 4.79 Å². The number of H-pyrrole nitrogens is 1. The molecule has 1 aromatic rings. The van der Waals surface area contributed by atoms with Gasteiger partial charge in [-0.15, -0.1) is 0 Å². The fraction of sp³-hybridized carbons (Fsp3) is 0.545. The maximum atomic E-state index is 12.5. The summed E-state index contributed by atoms with van der Waals surface area (Å²) in [6.07, 6.45) is -7.54. The SMILES string of the molecule is CCOC(=O)c1c(C)[nH]c(C)c1C(O)C(F)(F)F. The number of aromatic nitrogens is 1. The quantitative estimate of drug-likeness (QED) is 0.825. The zero-order valence-electron chi connectivity index (χ0n) is 10.2. The summed E-state index contributed by atoms with van der Waals surface area (Å²) in [6, 6.07) is 0. The zero-order chi connectivity index (χ0) is 14.1. The van der Waals surface area contributed by atoms with Crippen LogP contribution in [0.25, 0.3) is 0 Å². The number of carbonyl (C=O) groups is 1. The lowest BCUT2D eigenvalue weighted by atomic mass is 10.0.